The van der Waals surface area contributed by atoms with Crippen LogP contribution < -0.4 is 0 Å². The first-order chi connectivity index (χ1) is 7.66. The van der Waals surface area contributed by atoms with Crippen molar-refractivity contribution in [2.24, 2.45) is 0 Å². The van der Waals surface area contributed by atoms with Crippen molar-refractivity contribution in [2.75, 3.05) is 0 Å². The molecule has 0 amide bonds. The van der Waals surface area contributed by atoms with E-state index in [2.05, 4.69) is 26.3 Å². The van der Waals surface area contributed by atoms with Gasteiger partial charge < -0.3 is 0 Å². The first kappa shape index (κ1) is 29.5. The Bertz CT molecular complexity index is 138. The minimum Gasteiger partial charge on any atom is -0.0991 e. The highest BCUT2D eigenvalue weighted by molar-refractivity contribution is 4.88. The molecule has 0 rings (SSSR count). The van der Waals surface area contributed by atoms with Crippen molar-refractivity contribution in [3.8, 4) is 0 Å². The van der Waals surface area contributed by atoms with Gasteiger partial charge in [0, 0.05) is 0 Å². The third kappa shape index (κ3) is 375. The van der Waals surface area contributed by atoms with Crippen molar-refractivity contribution in [2.45, 2.75) is 35.1 Å². The molecule has 0 spiro atoms. The largest absolute Gasteiger partial charge is 0.0991 e. The maximum absolute atomic E-state index is 3.36. The molecule has 0 saturated carbocycles. The summed E-state index contributed by atoms with van der Waals surface area (Å²) >= 11 is 0. The Morgan fingerprint density at radius 2 is 0.588 bits per heavy atom. The lowest BCUT2D eigenvalue weighted by molar-refractivity contribution is 1.64. The number of rotatable bonds is 2. The molecular formula is C17H32. The first-order valence-corrected chi connectivity index (χ1v) is 5.28. The van der Waals surface area contributed by atoms with E-state index < -0.39 is 0 Å². The van der Waals surface area contributed by atoms with Gasteiger partial charge in [0.1, 0.15) is 0 Å². The second-order valence-corrected chi connectivity index (χ2v) is 2.28. The Morgan fingerprint density at radius 3 is 0.588 bits per heavy atom. The van der Waals surface area contributed by atoms with Crippen molar-refractivity contribution >= 4 is 0 Å². The average Bonchev–Trinajstić information content (AvgIpc) is 2.39. The molecule has 0 heteroatoms. The van der Waals surface area contributed by atoms with Crippen LogP contribution in [0.2, 0.25) is 0 Å². The van der Waals surface area contributed by atoms with E-state index in [1.807, 2.05) is 52.0 Å². The highest BCUT2D eigenvalue weighted by atomic mass is 13.4. The molecule has 0 aliphatic rings. The van der Waals surface area contributed by atoms with E-state index in [4.69, 9.17) is 0 Å². The van der Waals surface area contributed by atoms with Crippen LogP contribution in [0.1, 0.15) is 35.1 Å². The summed E-state index contributed by atoms with van der Waals surface area (Å²) in [6, 6.07) is 0. The fourth-order valence-corrected chi connectivity index (χ4v) is 0. The summed E-state index contributed by atoms with van der Waals surface area (Å²) in [5.41, 5.74) is 0. The zero-order chi connectivity index (χ0) is 13.7. The summed E-state index contributed by atoms with van der Waals surface area (Å²) in [5.74, 6) is 0. The molecule has 0 unspecified atom stereocenters. The van der Waals surface area contributed by atoms with Crippen LogP contribution >= 0.6 is 0 Å². The lowest BCUT2D eigenvalue weighted by atomic mass is 10.6. The number of hydrogen-bond donors (Lipinski definition) is 0. The van der Waals surface area contributed by atoms with Gasteiger partial charge >= 0.3 is 0 Å². The van der Waals surface area contributed by atoms with Crippen LogP contribution in [0, 0.1) is 0 Å². The lowest BCUT2D eigenvalue weighted by Gasteiger charge is -1.49. The predicted octanol–water partition coefficient (Wildman–Crippen LogP) is 6.52. The normalized spacial score (nSPS) is 6.82. The second-order valence-electron chi connectivity index (χ2n) is 2.28. The van der Waals surface area contributed by atoms with E-state index >= 15 is 0 Å². The van der Waals surface area contributed by atoms with Gasteiger partial charge in [-0.15, -0.1) is 0 Å². The molecule has 0 radical (unpaired) electrons. The standard InChI is InChI=1S/2C4H8.2C4H6.CH4/c4*1-3-4-2;/h2*3-4H,1-2H3;2*3-4H,1-2H2;1H4/b4-3+;4-3-;;;. The van der Waals surface area contributed by atoms with Gasteiger partial charge in [-0.2, -0.15) is 0 Å². The van der Waals surface area contributed by atoms with Crippen molar-refractivity contribution in [3.63, 3.8) is 0 Å². The van der Waals surface area contributed by atoms with Crippen LogP contribution in [0.5, 0.6) is 0 Å². The molecule has 0 nitrogen and oxygen atoms in total. The highest BCUT2D eigenvalue weighted by Crippen LogP contribution is 1.57. The van der Waals surface area contributed by atoms with Gasteiger partial charge in [0.2, 0.25) is 0 Å². The third-order valence-electron chi connectivity index (χ3n) is 1.00. The minimum absolute atomic E-state index is 0. The van der Waals surface area contributed by atoms with E-state index in [0.717, 1.165) is 0 Å². The van der Waals surface area contributed by atoms with Crippen LogP contribution in [0.15, 0.2) is 74.9 Å². The van der Waals surface area contributed by atoms with Crippen LogP contribution in [-0.2, 0) is 0 Å². The molecule has 0 aliphatic carbocycles. The summed E-state index contributed by atoms with van der Waals surface area (Å²) < 4.78 is 0. The topological polar surface area (TPSA) is 0 Å². The predicted molar refractivity (Wildman–Crippen MR) is 88.5 cm³/mol. The molecule has 0 aromatic rings. The van der Waals surface area contributed by atoms with Gasteiger partial charge in [-0.1, -0.05) is 82.4 Å². The van der Waals surface area contributed by atoms with Gasteiger partial charge in [0.15, 0.2) is 0 Å². The zero-order valence-electron chi connectivity index (χ0n) is 11.4. The Labute approximate surface area is 110 Å². The number of hydrogen-bond acceptors (Lipinski definition) is 0. The van der Waals surface area contributed by atoms with Crippen LogP contribution in [-0.4, -0.2) is 0 Å². The molecule has 0 saturated heterocycles. The maximum Gasteiger partial charge on any atom is -0.0470 e. The molecule has 0 bridgehead atoms. The average molecular weight is 236 g/mol. The van der Waals surface area contributed by atoms with Gasteiger partial charge in [-0.05, 0) is 27.7 Å². The minimum atomic E-state index is 0. The van der Waals surface area contributed by atoms with E-state index in [1.54, 1.807) is 24.3 Å². The Balaban J connectivity index is -0.0000000369. The molecule has 0 N–H and O–H groups in total. The fraction of sp³-hybridized carbons (Fsp3) is 0.294. The van der Waals surface area contributed by atoms with Crippen molar-refractivity contribution in [3.05, 3.63) is 74.9 Å². The summed E-state index contributed by atoms with van der Waals surface area (Å²) in [6.45, 7) is 21.4. The second kappa shape index (κ2) is 62.9. The third-order valence-corrected chi connectivity index (χ3v) is 1.00. The molecule has 17 heavy (non-hydrogen) atoms. The Kier molecular flexibility index (Phi) is 109. The van der Waals surface area contributed by atoms with E-state index in [0.29, 0.717) is 0 Å². The molecule has 0 atom stereocenters. The summed E-state index contributed by atoms with van der Waals surface area (Å²) in [4.78, 5) is 0. The molecule has 0 fully saturated rings. The number of allylic oxidation sites excluding steroid dienone is 8. The van der Waals surface area contributed by atoms with E-state index in [1.165, 1.54) is 0 Å². The van der Waals surface area contributed by atoms with Crippen LogP contribution in [0.4, 0.5) is 0 Å². The lowest BCUT2D eigenvalue weighted by Crippen LogP contribution is -1.26. The van der Waals surface area contributed by atoms with Crippen molar-refractivity contribution in [1.29, 1.82) is 0 Å². The van der Waals surface area contributed by atoms with Gasteiger partial charge in [-0.25, -0.2) is 0 Å². The van der Waals surface area contributed by atoms with Gasteiger partial charge in [0.25, 0.3) is 0 Å². The van der Waals surface area contributed by atoms with Crippen LogP contribution in [0.25, 0.3) is 0 Å². The quantitative estimate of drug-likeness (QED) is 0.378. The summed E-state index contributed by atoms with van der Waals surface area (Å²) in [6.07, 6.45) is 14.6. The van der Waals surface area contributed by atoms with Gasteiger partial charge in [0.05, 0.1) is 0 Å². The summed E-state index contributed by atoms with van der Waals surface area (Å²) in [5, 5.41) is 0. The first-order valence-electron chi connectivity index (χ1n) is 5.28. The van der Waals surface area contributed by atoms with E-state index in [9.17, 15) is 0 Å². The summed E-state index contributed by atoms with van der Waals surface area (Å²) in [7, 11) is 0. The molecule has 0 aromatic heterocycles. The monoisotopic (exact) mass is 236 g/mol. The van der Waals surface area contributed by atoms with E-state index in [-0.39, 0.29) is 7.43 Å². The smallest absolute Gasteiger partial charge is 0.0470 e. The molecule has 0 heterocycles. The maximum atomic E-state index is 3.36. The molecule has 0 aliphatic heterocycles. The zero-order valence-corrected chi connectivity index (χ0v) is 11.4. The molecular weight excluding hydrogens is 204 g/mol. The highest BCUT2D eigenvalue weighted by Gasteiger charge is 1.34. The Morgan fingerprint density at radius 1 is 0.471 bits per heavy atom. The van der Waals surface area contributed by atoms with Crippen LogP contribution in [0.3, 0.4) is 0 Å². The van der Waals surface area contributed by atoms with Crippen molar-refractivity contribution in [1.82, 2.24) is 0 Å². The SMILES string of the molecule is C.C/C=C/C.C/C=C\C.C=CC=C.C=CC=C. The molecule has 100 valence electrons. The fourth-order valence-electron chi connectivity index (χ4n) is 0. The van der Waals surface area contributed by atoms with Crippen molar-refractivity contribution < 1.29 is 0 Å². The van der Waals surface area contributed by atoms with Gasteiger partial charge in [-0.3, -0.25) is 0 Å². The Hall–Kier alpha value is -1.56. The molecule has 0 aromatic carbocycles.